The summed E-state index contributed by atoms with van der Waals surface area (Å²) >= 11 is 0. The van der Waals surface area contributed by atoms with Gasteiger partial charge in [0.2, 0.25) is 11.8 Å². The number of nitrogens with one attached hydrogen (secondary N) is 1. The predicted molar refractivity (Wildman–Crippen MR) is 72.1 cm³/mol. The second-order valence-corrected chi connectivity index (χ2v) is 4.96. The van der Waals surface area contributed by atoms with Gasteiger partial charge in [0.15, 0.2) is 0 Å². The van der Waals surface area contributed by atoms with E-state index in [0.717, 1.165) is 5.69 Å². The number of imide groups is 1. The van der Waals surface area contributed by atoms with Crippen molar-refractivity contribution >= 4 is 17.5 Å². The molecule has 1 aliphatic heterocycles. The maximum absolute atomic E-state index is 12.2. The zero-order valence-corrected chi connectivity index (χ0v) is 10.6. The molecule has 3 rings (SSSR count). The monoisotopic (exact) mass is 256 g/mol. The Morgan fingerprint density at radius 1 is 1.00 bits per heavy atom. The second kappa shape index (κ2) is 4.88. The highest BCUT2D eigenvalue weighted by Gasteiger charge is 2.46. The van der Waals surface area contributed by atoms with Gasteiger partial charge in [-0.1, -0.05) is 30.4 Å². The van der Waals surface area contributed by atoms with E-state index in [-0.39, 0.29) is 30.3 Å². The zero-order valence-electron chi connectivity index (χ0n) is 10.6. The van der Waals surface area contributed by atoms with Gasteiger partial charge in [0.05, 0.1) is 18.5 Å². The summed E-state index contributed by atoms with van der Waals surface area (Å²) in [6.07, 6.45) is 5.38. The average Bonchev–Trinajstić information content (AvgIpc) is 2.71. The number of fused-ring (bicyclic) bond motifs is 1. The third kappa shape index (κ3) is 2.14. The standard InChI is InChI=1S/C15H16N2O2/c18-14-12-8-4-5-9-13(12)15(19)17(14)10-16-11-6-2-1-3-7-11/h1-7,12-13,16H,8-10H2/t12-,13+. The Kier molecular flexibility index (Phi) is 3.07. The van der Waals surface area contributed by atoms with Crippen LogP contribution in [-0.4, -0.2) is 23.4 Å². The third-order valence-electron chi connectivity index (χ3n) is 3.81. The minimum Gasteiger partial charge on any atom is -0.367 e. The van der Waals surface area contributed by atoms with Gasteiger partial charge in [-0.15, -0.1) is 0 Å². The summed E-state index contributed by atoms with van der Waals surface area (Å²) in [5, 5.41) is 3.12. The molecule has 4 heteroatoms. The topological polar surface area (TPSA) is 49.4 Å². The summed E-state index contributed by atoms with van der Waals surface area (Å²) in [4.78, 5) is 25.8. The molecule has 2 amide bonds. The fraction of sp³-hybridized carbons (Fsp3) is 0.333. The van der Waals surface area contributed by atoms with Crippen LogP contribution in [0.1, 0.15) is 12.8 Å². The zero-order chi connectivity index (χ0) is 13.2. The normalized spacial score (nSPS) is 25.6. The number of hydrogen-bond donors (Lipinski definition) is 1. The van der Waals surface area contributed by atoms with Crippen molar-refractivity contribution in [2.45, 2.75) is 12.8 Å². The first-order chi connectivity index (χ1) is 9.27. The van der Waals surface area contributed by atoms with E-state index < -0.39 is 0 Å². The molecule has 1 heterocycles. The van der Waals surface area contributed by atoms with E-state index >= 15 is 0 Å². The Morgan fingerprint density at radius 3 is 2.16 bits per heavy atom. The van der Waals surface area contributed by atoms with Crippen molar-refractivity contribution < 1.29 is 9.59 Å². The highest BCUT2D eigenvalue weighted by molar-refractivity contribution is 6.05. The van der Waals surface area contributed by atoms with Crippen LogP contribution in [0.5, 0.6) is 0 Å². The van der Waals surface area contributed by atoms with Gasteiger partial charge in [-0.3, -0.25) is 14.5 Å². The summed E-state index contributed by atoms with van der Waals surface area (Å²) in [7, 11) is 0. The predicted octanol–water partition coefficient (Wildman–Crippen LogP) is 2.01. The lowest BCUT2D eigenvalue weighted by atomic mass is 9.85. The molecule has 2 aliphatic rings. The first-order valence-electron chi connectivity index (χ1n) is 6.56. The Labute approximate surface area is 112 Å². The SMILES string of the molecule is O=C1[C@H]2CC=CC[C@H]2C(=O)N1CNc1ccccc1. The lowest BCUT2D eigenvalue weighted by molar-refractivity contribution is -0.139. The van der Waals surface area contributed by atoms with Crippen LogP contribution in [0.4, 0.5) is 5.69 Å². The number of hydrogen-bond acceptors (Lipinski definition) is 3. The molecule has 0 saturated carbocycles. The molecule has 4 nitrogen and oxygen atoms in total. The molecular formula is C15H16N2O2. The van der Waals surface area contributed by atoms with Crippen LogP contribution in [-0.2, 0) is 9.59 Å². The lowest BCUT2D eigenvalue weighted by Crippen LogP contribution is -2.35. The van der Waals surface area contributed by atoms with Crippen molar-refractivity contribution in [2.24, 2.45) is 11.8 Å². The van der Waals surface area contributed by atoms with Crippen molar-refractivity contribution in [1.29, 1.82) is 0 Å². The average molecular weight is 256 g/mol. The summed E-state index contributed by atoms with van der Waals surface area (Å²) in [5.41, 5.74) is 0.913. The highest BCUT2D eigenvalue weighted by Crippen LogP contribution is 2.34. The summed E-state index contributed by atoms with van der Waals surface area (Å²) in [6, 6.07) is 9.59. The molecule has 0 spiro atoms. The van der Waals surface area contributed by atoms with Crippen molar-refractivity contribution in [2.75, 3.05) is 12.0 Å². The van der Waals surface area contributed by atoms with E-state index in [0.29, 0.717) is 12.8 Å². The molecule has 1 fully saturated rings. The summed E-state index contributed by atoms with van der Waals surface area (Å²) in [6.45, 7) is 0.259. The maximum Gasteiger partial charge on any atom is 0.234 e. The number of carbonyl (C=O) groups excluding carboxylic acids is 2. The van der Waals surface area contributed by atoms with E-state index in [1.807, 2.05) is 42.5 Å². The lowest BCUT2D eigenvalue weighted by Gasteiger charge is -2.16. The van der Waals surface area contributed by atoms with Gasteiger partial charge in [-0.2, -0.15) is 0 Å². The Bertz CT molecular complexity index is 498. The number of rotatable bonds is 3. The van der Waals surface area contributed by atoms with Crippen LogP contribution in [0, 0.1) is 11.8 Å². The quantitative estimate of drug-likeness (QED) is 0.665. The van der Waals surface area contributed by atoms with Crippen molar-refractivity contribution in [3.63, 3.8) is 0 Å². The van der Waals surface area contributed by atoms with Crippen molar-refractivity contribution in [3.05, 3.63) is 42.5 Å². The molecule has 0 bridgehead atoms. The fourth-order valence-electron chi connectivity index (χ4n) is 2.75. The molecule has 0 aromatic heterocycles. The molecule has 1 aromatic carbocycles. The molecule has 1 N–H and O–H groups in total. The third-order valence-corrected chi connectivity index (χ3v) is 3.81. The number of amides is 2. The second-order valence-electron chi connectivity index (χ2n) is 4.96. The largest absolute Gasteiger partial charge is 0.367 e. The van der Waals surface area contributed by atoms with E-state index in [2.05, 4.69) is 5.32 Å². The van der Waals surface area contributed by atoms with Crippen LogP contribution in [0.2, 0.25) is 0 Å². The summed E-state index contributed by atoms with van der Waals surface area (Å²) in [5.74, 6) is -0.365. The van der Waals surface area contributed by atoms with Gasteiger partial charge < -0.3 is 5.32 Å². The number of likely N-dealkylation sites (tertiary alicyclic amines) is 1. The smallest absolute Gasteiger partial charge is 0.234 e. The molecular weight excluding hydrogens is 240 g/mol. The number of para-hydroxylation sites is 1. The van der Waals surface area contributed by atoms with Crippen LogP contribution in [0.3, 0.4) is 0 Å². The van der Waals surface area contributed by atoms with Crippen LogP contribution in [0.15, 0.2) is 42.5 Å². The fourth-order valence-corrected chi connectivity index (χ4v) is 2.75. The van der Waals surface area contributed by atoms with Crippen LogP contribution < -0.4 is 5.32 Å². The van der Waals surface area contributed by atoms with Crippen molar-refractivity contribution in [3.8, 4) is 0 Å². The molecule has 1 aliphatic carbocycles. The van der Waals surface area contributed by atoms with E-state index in [1.165, 1.54) is 4.90 Å². The molecule has 19 heavy (non-hydrogen) atoms. The van der Waals surface area contributed by atoms with Gasteiger partial charge >= 0.3 is 0 Å². The Hall–Kier alpha value is -2.10. The molecule has 0 radical (unpaired) electrons. The molecule has 0 unspecified atom stereocenters. The first kappa shape index (κ1) is 12.0. The number of anilines is 1. The van der Waals surface area contributed by atoms with Gasteiger partial charge in [0.25, 0.3) is 0 Å². The van der Waals surface area contributed by atoms with E-state index in [1.54, 1.807) is 0 Å². The minimum atomic E-state index is -0.143. The Balaban J connectivity index is 1.69. The van der Waals surface area contributed by atoms with E-state index in [9.17, 15) is 9.59 Å². The highest BCUT2D eigenvalue weighted by atomic mass is 16.2. The van der Waals surface area contributed by atoms with Gasteiger partial charge in [0.1, 0.15) is 0 Å². The minimum absolute atomic E-state index is 0.0391. The van der Waals surface area contributed by atoms with Gasteiger partial charge in [-0.25, -0.2) is 0 Å². The van der Waals surface area contributed by atoms with E-state index in [4.69, 9.17) is 0 Å². The van der Waals surface area contributed by atoms with Gasteiger partial charge in [0, 0.05) is 5.69 Å². The first-order valence-corrected chi connectivity index (χ1v) is 6.56. The molecule has 98 valence electrons. The molecule has 1 aromatic rings. The number of nitrogens with zero attached hydrogens (tertiary/aromatic N) is 1. The summed E-state index contributed by atoms with van der Waals surface area (Å²) < 4.78 is 0. The van der Waals surface area contributed by atoms with Crippen LogP contribution >= 0.6 is 0 Å². The number of benzene rings is 1. The Morgan fingerprint density at radius 2 is 1.58 bits per heavy atom. The number of carbonyl (C=O) groups is 2. The van der Waals surface area contributed by atoms with Crippen LogP contribution in [0.25, 0.3) is 0 Å². The van der Waals surface area contributed by atoms with Crippen molar-refractivity contribution in [1.82, 2.24) is 4.90 Å². The van der Waals surface area contributed by atoms with Gasteiger partial charge in [-0.05, 0) is 25.0 Å². The number of allylic oxidation sites excluding steroid dienone is 2. The maximum atomic E-state index is 12.2. The molecule has 2 atom stereocenters. The molecule has 1 saturated heterocycles.